The summed E-state index contributed by atoms with van der Waals surface area (Å²) in [5, 5.41) is 16.6. The molecule has 2 aromatic heterocycles. The molecule has 0 amide bonds. The fourth-order valence-electron chi connectivity index (χ4n) is 4.47. The molecule has 0 saturated carbocycles. The summed E-state index contributed by atoms with van der Waals surface area (Å²) in [6.07, 6.45) is 5.41. The lowest BCUT2D eigenvalue weighted by Crippen LogP contribution is -2.10. The summed E-state index contributed by atoms with van der Waals surface area (Å²) < 4.78 is 50.6. The Morgan fingerprint density at radius 3 is 1.39 bits per heavy atom. The molecule has 0 atom stereocenters. The van der Waals surface area contributed by atoms with E-state index in [1.54, 1.807) is 60.9 Å². The fraction of sp³-hybridized carbons (Fsp3) is 0.0500. The van der Waals surface area contributed by atoms with Crippen molar-refractivity contribution in [1.82, 2.24) is 9.97 Å². The van der Waals surface area contributed by atoms with Gasteiger partial charge in [0.2, 0.25) is 0 Å². The second kappa shape index (κ2) is 22.7. The van der Waals surface area contributed by atoms with Gasteiger partial charge >= 0.3 is 22.4 Å². The number of aromatic nitrogens is 2. The van der Waals surface area contributed by atoms with Crippen LogP contribution in [-0.4, -0.2) is 72.0 Å². The van der Waals surface area contributed by atoms with Crippen LogP contribution in [0.15, 0.2) is 131 Å². The van der Waals surface area contributed by atoms with Gasteiger partial charge in [0.25, 0.3) is 0 Å². The number of aromatic carboxylic acids is 1. The zero-order valence-electron chi connectivity index (χ0n) is 31.1. The number of halogens is 6. The number of hydrogen-bond donors (Lipinski definition) is 2. The Kier molecular flexibility index (Phi) is 18.7. The van der Waals surface area contributed by atoms with Crippen molar-refractivity contribution in [1.29, 1.82) is 0 Å². The minimum absolute atomic E-state index is 0.00694. The predicted molar refractivity (Wildman–Crippen MR) is 234 cm³/mol. The first kappa shape index (κ1) is 50.3. The van der Waals surface area contributed by atoms with E-state index in [9.17, 15) is 41.1 Å². The second-order valence-electron chi connectivity index (χ2n) is 11.8. The van der Waals surface area contributed by atoms with Crippen molar-refractivity contribution in [3.8, 4) is 34.0 Å². The van der Waals surface area contributed by atoms with Crippen molar-refractivity contribution in [2.75, 3.05) is 12.5 Å². The van der Waals surface area contributed by atoms with Crippen molar-refractivity contribution in [2.45, 2.75) is 9.79 Å². The van der Waals surface area contributed by atoms with Crippen LogP contribution < -0.4 is 4.74 Å². The number of aromatic hydroxyl groups is 1. The number of carbonyl (C=O) groups is 4. The number of carboxylic acids is 1. The predicted octanol–water partition coefficient (Wildman–Crippen LogP) is 9.74. The number of pyridine rings is 2. The Labute approximate surface area is 379 Å². The number of nitrogens with zero attached hydrogens (tertiary/aromatic N) is 2. The molecule has 2 N–H and O–H groups in total. The van der Waals surface area contributed by atoms with Gasteiger partial charge in [-0.1, -0.05) is 58.5 Å². The first-order valence-corrected chi connectivity index (χ1v) is 22.5. The largest absolute Gasteiger partial charge is 0.508 e. The number of esters is 1. The lowest BCUT2D eigenvalue weighted by atomic mass is 10.1. The minimum atomic E-state index is -3.43. The van der Waals surface area contributed by atoms with Gasteiger partial charge in [-0.15, -0.1) is 0 Å². The number of ether oxygens (including phenoxy) is 1. The highest BCUT2D eigenvalue weighted by molar-refractivity contribution is 7.91. The minimum Gasteiger partial charge on any atom is -0.508 e. The summed E-state index contributed by atoms with van der Waals surface area (Å²) in [4.78, 5) is 50.2. The normalized spacial score (nSPS) is 10.6. The molecule has 0 bridgehead atoms. The molecule has 6 rings (SSSR count). The topological polar surface area (TPSA) is 212 Å². The van der Waals surface area contributed by atoms with E-state index in [1.807, 2.05) is 24.3 Å². The van der Waals surface area contributed by atoms with Gasteiger partial charge in [-0.25, -0.2) is 26.4 Å². The number of phenols is 1. The number of rotatable bonds is 8. The standard InChI is InChI=1S/C19H13Cl2NO4S.C11H8ClNO.C8H7ClO4S.C2Cl2O2/c1-27(24,25)13-6-7-14(17(21)11-13)19(23)26-12-5-8-16(20)15(10-12)18-4-2-3-9-22-18;12-10-5-4-8(14)7-9(10)11-3-1-2-6-13-11;1-14(12,13)5-2-3-6(8(10)11)7(9)4-5;3-1(5)2(4)6/h2-11H,1H3;1-7,14H;2-4H,1H3,(H,10,11);. The molecule has 6 aromatic rings. The molecule has 4 aromatic carbocycles. The number of benzene rings is 4. The van der Waals surface area contributed by atoms with Crippen LogP contribution in [0.1, 0.15) is 20.7 Å². The zero-order valence-corrected chi connectivity index (χ0v) is 37.3. The van der Waals surface area contributed by atoms with E-state index in [2.05, 4.69) is 33.2 Å². The van der Waals surface area contributed by atoms with Crippen LogP contribution >= 0.6 is 69.6 Å². The van der Waals surface area contributed by atoms with Gasteiger partial charge in [0.1, 0.15) is 11.5 Å². The van der Waals surface area contributed by atoms with Gasteiger partial charge in [-0.3, -0.25) is 19.6 Å². The highest BCUT2D eigenvalue weighted by atomic mass is 35.5. The molecule has 0 aliphatic heterocycles. The smallest absolute Gasteiger partial charge is 0.345 e. The lowest BCUT2D eigenvalue weighted by molar-refractivity contribution is -0.127. The van der Waals surface area contributed by atoms with E-state index in [0.717, 1.165) is 29.8 Å². The summed E-state index contributed by atoms with van der Waals surface area (Å²) in [6, 6.07) is 27.8. The van der Waals surface area contributed by atoms with Crippen LogP contribution in [0.25, 0.3) is 22.5 Å². The van der Waals surface area contributed by atoms with Crippen molar-refractivity contribution < 1.29 is 51.0 Å². The van der Waals surface area contributed by atoms with E-state index in [1.165, 1.54) is 30.3 Å². The quantitative estimate of drug-likeness (QED) is 0.0630. The Morgan fingerprint density at radius 1 is 0.557 bits per heavy atom. The second-order valence-corrected chi connectivity index (χ2v) is 18.2. The molecule has 0 aliphatic carbocycles. The molecule has 61 heavy (non-hydrogen) atoms. The molecule has 0 saturated heterocycles. The molecule has 13 nitrogen and oxygen atoms in total. The highest BCUT2D eigenvalue weighted by Gasteiger charge is 2.18. The third kappa shape index (κ3) is 15.7. The van der Waals surface area contributed by atoms with Crippen molar-refractivity contribution in [3.05, 3.63) is 153 Å². The van der Waals surface area contributed by atoms with Gasteiger partial charge in [-0.05, 0) is 120 Å². The van der Waals surface area contributed by atoms with Gasteiger partial charge in [0.05, 0.1) is 52.4 Å². The molecule has 0 spiro atoms. The number of phenolic OH excluding ortho intramolecular Hbond substituents is 1. The van der Waals surface area contributed by atoms with Crippen LogP contribution in [0.3, 0.4) is 0 Å². The van der Waals surface area contributed by atoms with E-state index in [-0.39, 0.29) is 42.5 Å². The molecule has 21 heteroatoms. The number of sulfone groups is 2. The first-order chi connectivity index (χ1) is 28.5. The summed E-state index contributed by atoms with van der Waals surface area (Å²) >= 11 is 32.8. The Bertz CT molecular complexity index is 2790. The first-order valence-electron chi connectivity index (χ1n) is 16.4. The molecule has 0 unspecified atom stereocenters. The van der Waals surface area contributed by atoms with Crippen LogP contribution in [0.2, 0.25) is 20.1 Å². The van der Waals surface area contributed by atoms with E-state index < -0.39 is 42.1 Å². The molecule has 2 heterocycles. The van der Waals surface area contributed by atoms with Crippen molar-refractivity contribution in [2.24, 2.45) is 0 Å². The van der Waals surface area contributed by atoms with Gasteiger partial charge < -0.3 is 14.9 Å². The van der Waals surface area contributed by atoms with E-state index in [4.69, 9.17) is 56.2 Å². The van der Waals surface area contributed by atoms with Crippen molar-refractivity contribution in [3.63, 3.8) is 0 Å². The summed E-state index contributed by atoms with van der Waals surface area (Å²) in [5.74, 6) is -1.45. The fourth-order valence-corrected chi connectivity index (χ4v) is 6.84. The summed E-state index contributed by atoms with van der Waals surface area (Å²) in [7, 11) is -6.77. The molecule has 0 aliphatic rings. The molecule has 318 valence electrons. The third-order valence-corrected chi connectivity index (χ3v) is 11.3. The maximum Gasteiger partial charge on any atom is 0.345 e. The molecule has 0 radical (unpaired) electrons. The highest BCUT2D eigenvalue weighted by Crippen LogP contribution is 2.32. The SMILES string of the molecule is CS(=O)(=O)c1ccc(C(=O)O)c(Cl)c1.CS(=O)(=O)c1ccc(C(=O)Oc2ccc(Cl)c(-c3ccccn3)c2)c(Cl)c1.O=C(Cl)C(=O)Cl.Oc1ccc(Cl)c(-c2ccccn2)c1. The molecule has 0 fully saturated rings. The molecular formula is C40H28Cl6N2O11S2. The van der Waals surface area contributed by atoms with Crippen LogP contribution in [0.4, 0.5) is 0 Å². The van der Waals surface area contributed by atoms with Crippen LogP contribution in [0, 0.1) is 0 Å². The average molecular weight is 990 g/mol. The maximum atomic E-state index is 12.4. The van der Waals surface area contributed by atoms with E-state index in [0.29, 0.717) is 21.3 Å². The van der Waals surface area contributed by atoms with Crippen molar-refractivity contribution >= 4 is 112 Å². The summed E-state index contributed by atoms with van der Waals surface area (Å²) in [6.45, 7) is 0. The van der Waals surface area contributed by atoms with E-state index >= 15 is 0 Å². The lowest BCUT2D eigenvalue weighted by Gasteiger charge is -2.09. The monoisotopic (exact) mass is 986 g/mol. The van der Waals surface area contributed by atoms with Gasteiger partial charge in [-0.2, -0.15) is 0 Å². The summed E-state index contributed by atoms with van der Waals surface area (Å²) in [5.41, 5.74) is 2.69. The zero-order chi connectivity index (χ0) is 45.7. The van der Waals surface area contributed by atoms with Crippen LogP contribution in [0.5, 0.6) is 11.5 Å². The van der Waals surface area contributed by atoms with Gasteiger partial charge in [0.15, 0.2) is 19.7 Å². The number of hydrogen-bond acceptors (Lipinski definition) is 12. The molecular weight excluding hydrogens is 961 g/mol. The number of carboxylic acid groups (broad SMARTS) is 1. The Morgan fingerprint density at radius 2 is 1.00 bits per heavy atom. The number of carbonyl (C=O) groups excluding carboxylic acids is 3. The van der Waals surface area contributed by atoms with Crippen LogP contribution in [-0.2, 0) is 29.3 Å². The van der Waals surface area contributed by atoms with Gasteiger partial charge in [0, 0.05) is 36.0 Å². The third-order valence-electron chi connectivity index (χ3n) is 7.32. The average Bonchev–Trinajstić information content (AvgIpc) is 3.20. The maximum absolute atomic E-state index is 12.4. The Hall–Kier alpha value is -5.10. The Balaban J connectivity index is 0.000000246.